The van der Waals surface area contributed by atoms with Crippen molar-refractivity contribution in [2.75, 3.05) is 26.2 Å². The van der Waals surface area contributed by atoms with Crippen LogP contribution >= 0.6 is 0 Å². The Labute approximate surface area is 119 Å². The van der Waals surface area contributed by atoms with E-state index in [-0.39, 0.29) is 6.04 Å². The van der Waals surface area contributed by atoms with E-state index in [1.54, 1.807) is 0 Å². The summed E-state index contributed by atoms with van der Waals surface area (Å²) in [7, 11) is 1.93. The highest BCUT2D eigenvalue weighted by Crippen LogP contribution is 2.12. The summed E-state index contributed by atoms with van der Waals surface area (Å²) in [6.07, 6.45) is 4.83. The van der Waals surface area contributed by atoms with Gasteiger partial charge in [0.2, 0.25) is 0 Å². The largest absolute Gasteiger partial charge is 0.409 e. The van der Waals surface area contributed by atoms with E-state index in [0.29, 0.717) is 5.84 Å². The molecule has 0 bridgehead atoms. The predicted octanol–water partition coefficient (Wildman–Crippen LogP) is 0.0627. The second-order valence-electron chi connectivity index (χ2n) is 5.28. The fraction of sp³-hybridized carbons (Fsp3) is 0.692. The molecular weight excluding hydrogens is 256 g/mol. The van der Waals surface area contributed by atoms with Gasteiger partial charge in [-0.1, -0.05) is 12.1 Å². The third kappa shape index (κ3) is 3.49. The summed E-state index contributed by atoms with van der Waals surface area (Å²) in [5.74, 6) is 0.313. The molecule has 7 nitrogen and oxygen atoms in total. The summed E-state index contributed by atoms with van der Waals surface area (Å²) in [5, 5.41) is 16.2. The normalized spacial score (nSPS) is 20.2. The van der Waals surface area contributed by atoms with E-state index in [0.717, 1.165) is 39.1 Å². The monoisotopic (exact) mass is 280 g/mol. The third-order valence-corrected chi connectivity index (χ3v) is 3.86. The summed E-state index contributed by atoms with van der Waals surface area (Å²) >= 11 is 0. The summed E-state index contributed by atoms with van der Waals surface area (Å²) in [6, 6.07) is 0.0422. The number of nitrogens with two attached hydrogens (primary N) is 1. The minimum atomic E-state index is 0.0422. The van der Waals surface area contributed by atoms with Gasteiger partial charge in [-0.15, -0.1) is 0 Å². The predicted molar refractivity (Wildman–Crippen MR) is 77.5 cm³/mol. The molecule has 1 saturated heterocycles. The first kappa shape index (κ1) is 14.8. The minimum Gasteiger partial charge on any atom is -0.409 e. The van der Waals surface area contributed by atoms with Gasteiger partial charge >= 0.3 is 0 Å². The van der Waals surface area contributed by atoms with Gasteiger partial charge in [0.15, 0.2) is 5.84 Å². The molecule has 20 heavy (non-hydrogen) atoms. The average molecular weight is 280 g/mol. The molecule has 0 amide bonds. The molecule has 0 radical (unpaired) electrons. The standard InChI is InChI=1S/C13H24N6O/c1-3-12(13(14)16-20)19-6-4-18(5-7-19)10-11-8-15-17(2)9-11/h8-9,12,20H,3-7,10H2,1-2H3,(H2,14,16). The third-order valence-electron chi connectivity index (χ3n) is 3.86. The van der Waals surface area contributed by atoms with Crippen molar-refractivity contribution in [3.8, 4) is 0 Å². The molecule has 0 spiro atoms. The van der Waals surface area contributed by atoms with E-state index < -0.39 is 0 Å². The molecule has 0 aliphatic carbocycles. The van der Waals surface area contributed by atoms with Crippen LogP contribution in [0.5, 0.6) is 0 Å². The Morgan fingerprint density at radius 1 is 1.45 bits per heavy atom. The maximum Gasteiger partial charge on any atom is 0.156 e. The molecule has 1 aliphatic rings. The van der Waals surface area contributed by atoms with E-state index in [1.807, 2.05) is 17.9 Å². The Balaban J connectivity index is 1.85. The maximum absolute atomic E-state index is 8.83. The summed E-state index contributed by atoms with van der Waals surface area (Å²) in [4.78, 5) is 4.70. The Bertz CT molecular complexity index is 449. The highest BCUT2D eigenvalue weighted by atomic mass is 16.4. The maximum atomic E-state index is 8.83. The highest BCUT2D eigenvalue weighted by Gasteiger charge is 2.25. The molecule has 7 heteroatoms. The van der Waals surface area contributed by atoms with Gasteiger partial charge in [-0.25, -0.2) is 0 Å². The van der Waals surface area contributed by atoms with Gasteiger partial charge in [0.1, 0.15) is 0 Å². The Morgan fingerprint density at radius 2 is 2.15 bits per heavy atom. The van der Waals surface area contributed by atoms with Crippen molar-refractivity contribution in [1.29, 1.82) is 0 Å². The van der Waals surface area contributed by atoms with Crippen molar-refractivity contribution in [1.82, 2.24) is 19.6 Å². The van der Waals surface area contributed by atoms with Crippen molar-refractivity contribution in [3.05, 3.63) is 18.0 Å². The zero-order valence-corrected chi connectivity index (χ0v) is 12.2. The van der Waals surface area contributed by atoms with Crippen LogP contribution in [0.2, 0.25) is 0 Å². The number of aromatic nitrogens is 2. The fourth-order valence-electron chi connectivity index (χ4n) is 2.77. The lowest BCUT2D eigenvalue weighted by Crippen LogP contribution is -2.53. The van der Waals surface area contributed by atoms with E-state index in [2.05, 4.69) is 33.2 Å². The van der Waals surface area contributed by atoms with Crippen LogP contribution in [0.3, 0.4) is 0 Å². The lowest BCUT2D eigenvalue weighted by molar-refractivity contribution is 0.110. The molecule has 1 atom stereocenters. The van der Waals surface area contributed by atoms with Crippen LogP contribution < -0.4 is 5.73 Å². The molecule has 1 fully saturated rings. The van der Waals surface area contributed by atoms with Gasteiger partial charge in [-0.05, 0) is 6.42 Å². The molecule has 2 heterocycles. The lowest BCUT2D eigenvalue weighted by Gasteiger charge is -2.38. The van der Waals surface area contributed by atoms with Crippen molar-refractivity contribution < 1.29 is 5.21 Å². The molecule has 112 valence electrons. The molecule has 0 saturated carbocycles. The quantitative estimate of drug-likeness (QED) is 0.345. The summed E-state index contributed by atoms with van der Waals surface area (Å²) < 4.78 is 1.83. The van der Waals surface area contributed by atoms with Gasteiger partial charge in [-0.2, -0.15) is 5.10 Å². The molecule has 3 N–H and O–H groups in total. The first-order valence-corrected chi connectivity index (χ1v) is 7.05. The van der Waals surface area contributed by atoms with Crippen LogP contribution in [0.25, 0.3) is 0 Å². The van der Waals surface area contributed by atoms with Gasteiger partial charge < -0.3 is 10.9 Å². The van der Waals surface area contributed by atoms with E-state index in [9.17, 15) is 0 Å². The zero-order chi connectivity index (χ0) is 14.5. The number of piperazine rings is 1. The molecule has 1 aromatic heterocycles. The summed E-state index contributed by atoms with van der Waals surface area (Å²) in [5.41, 5.74) is 6.99. The van der Waals surface area contributed by atoms with Gasteiger partial charge in [0.25, 0.3) is 0 Å². The van der Waals surface area contributed by atoms with Crippen LogP contribution in [0, 0.1) is 0 Å². The first-order valence-electron chi connectivity index (χ1n) is 7.05. The number of oxime groups is 1. The van der Waals surface area contributed by atoms with E-state index >= 15 is 0 Å². The summed E-state index contributed by atoms with van der Waals surface area (Å²) in [6.45, 7) is 6.85. The topological polar surface area (TPSA) is 82.9 Å². The smallest absolute Gasteiger partial charge is 0.156 e. The van der Waals surface area contributed by atoms with Crippen molar-refractivity contribution in [2.24, 2.45) is 17.9 Å². The number of hydrogen-bond acceptors (Lipinski definition) is 5. The van der Waals surface area contributed by atoms with Crippen molar-refractivity contribution in [2.45, 2.75) is 25.9 Å². The molecule has 0 aromatic carbocycles. The average Bonchev–Trinajstić information content (AvgIpc) is 2.86. The lowest BCUT2D eigenvalue weighted by atomic mass is 10.1. The Morgan fingerprint density at radius 3 is 2.65 bits per heavy atom. The molecular formula is C13H24N6O. The second kappa shape index (κ2) is 6.71. The van der Waals surface area contributed by atoms with E-state index in [1.165, 1.54) is 5.56 Å². The van der Waals surface area contributed by atoms with Gasteiger partial charge in [0.05, 0.1) is 12.2 Å². The first-order chi connectivity index (χ1) is 9.63. The van der Waals surface area contributed by atoms with Crippen LogP contribution in [0.15, 0.2) is 17.5 Å². The van der Waals surface area contributed by atoms with E-state index in [4.69, 9.17) is 10.9 Å². The van der Waals surface area contributed by atoms with Crippen LogP contribution in [-0.2, 0) is 13.6 Å². The Kier molecular flexibility index (Phi) is 4.97. The van der Waals surface area contributed by atoms with Crippen LogP contribution in [-0.4, -0.2) is 62.8 Å². The SMILES string of the molecule is CCC(C(N)=NO)N1CCN(Cc2cnn(C)c2)CC1. The number of amidine groups is 1. The van der Waals surface area contributed by atoms with Crippen molar-refractivity contribution >= 4 is 5.84 Å². The highest BCUT2D eigenvalue weighted by molar-refractivity contribution is 5.85. The number of hydrogen-bond donors (Lipinski definition) is 2. The molecule has 1 aliphatic heterocycles. The van der Waals surface area contributed by atoms with Gasteiger partial charge in [-0.3, -0.25) is 14.5 Å². The number of aryl methyl sites for hydroxylation is 1. The number of nitrogens with zero attached hydrogens (tertiary/aromatic N) is 5. The Hall–Kier alpha value is -1.60. The fourth-order valence-corrected chi connectivity index (χ4v) is 2.77. The second-order valence-corrected chi connectivity index (χ2v) is 5.28. The molecule has 1 unspecified atom stereocenters. The van der Waals surface area contributed by atoms with Crippen molar-refractivity contribution in [3.63, 3.8) is 0 Å². The van der Waals surface area contributed by atoms with Crippen LogP contribution in [0.1, 0.15) is 18.9 Å². The number of rotatable bonds is 5. The minimum absolute atomic E-state index is 0.0422. The van der Waals surface area contributed by atoms with Crippen LogP contribution in [0.4, 0.5) is 0 Å². The van der Waals surface area contributed by atoms with Gasteiger partial charge in [0, 0.05) is 51.5 Å². The molecule has 1 aromatic rings. The molecule has 2 rings (SSSR count). The zero-order valence-electron chi connectivity index (χ0n) is 12.2.